The molecule has 0 spiro atoms. The van der Waals surface area contributed by atoms with Crippen LogP contribution in [0.3, 0.4) is 0 Å². The van der Waals surface area contributed by atoms with Crippen molar-refractivity contribution in [3.8, 4) is 50.7 Å². The molecule has 0 saturated heterocycles. The van der Waals surface area contributed by atoms with Gasteiger partial charge in [-0.2, -0.15) is 0 Å². The van der Waals surface area contributed by atoms with E-state index in [1.807, 2.05) is 36.4 Å². The third-order valence-electron chi connectivity index (χ3n) is 11.8. The Morgan fingerprint density at radius 2 is 1.02 bits per heavy atom. The Morgan fingerprint density at radius 1 is 0.417 bits per heavy atom. The summed E-state index contributed by atoms with van der Waals surface area (Å²) in [5.74, 6) is 1.96. The number of furan rings is 1. The third kappa shape index (κ3) is 5.74. The lowest BCUT2D eigenvalue weighted by Crippen LogP contribution is -2.03. The first kappa shape index (κ1) is 34.2. The number of benzene rings is 8. The largest absolute Gasteiger partial charge is 0.456 e. The first-order valence-corrected chi connectivity index (χ1v) is 20.5. The van der Waals surface area contributed by atoms with Crippen molar-refractivity contribution in [2.75, 3.05) is 0 Å². The molecule has 0 bridgehead atoms. The van der Waals surface area contributed by atoms with Crippen molar-refractivity contribution in [3.63, 3.8) is 0 Å². The molecular weight excluding hydrogens is 733 g/mol. The summed E-state index contributed by atoms with van der Waals surface area (Å²) in [7, 11) is 0. The van der Waals surface area contributed by atoms with E-state index in [-0.39, 0.29) is 0 Å². The van der Waals surface area contributed by atoms with Crippen LogP contribution >= 0.6 is 0 Å². The van der Waals surface area contributed by atoms with Crippen LogP contribution in [0.15, 0.2) is 199 Å². The van der Waals surface area contributed by atoms with Gasteiger partial charge in [-0.3, -0.25) is 0 Å². The molecule has 60 heavy (non-hydrogen) atoms. The predicted molar refractivity (Wildman–Crippen MR) is 247 cm³/mol. The maximum Gasteiger partial charge on any atom is 0.164 e. The van der Waals surface area contributed by atoms with Gasteiger partial charge in [-0.05, 0) is 107 Å². The fourth-order valence-corrected chi connectivity index (χ4v) is 8.93. The van der Waals surface area contributed by atoms with Gasteiger partial charge in [0.25, 0.3) is 0 Å². The Balaban J connectivity index is 1.04. The second-order valence-electron chi connectivity index (χ2n) is 15.5. The molecule has 8 aromatic carbocycles. The minimum atomic E-state index is 0.630. The molecule has 0 fully saturated rings. The summed E-state index contributed by atoms with van der Waals surface area (Å²) in [5, 5.41) is 6.88. The summed E-state index contributed by atoms with van der Waals surface area (Å²) in [6, 6.07) is 62.5. The van der Waals surface area contributed by atoms with Gasteiger partial charge in [0, 0.05) is 43.9 Å². The van der Waals surface area contributed by atoms with E-state index >= 15 is 0 Å². The van der Waals surface area contributed by atoms with Gasteiger partial charge in [-0.15, -0.1) is 0 Å². The van der Waals surface area contributed by atoms with Crippen LogP contribution in [0.4, 0.5) is 0 Å². The fourth-order valence-electron chi connectivity index (χ4n) is 8.93. The maximum atomic E-state index is 6.49. The SMILES string of the molecule is C1=CC(c2nc(-c3ccccc3)nc(-c3ccc4oc5ccc(-n6c7ccc(-c8ccccc8-c8ccccc8)cc7c7cc8ccccc8cc76)cc5c4c3)n2)=CCC1. The molecular formula is C55H36N4O. The second kappa shape index (κ2) is 13.9. The molecule has 0 unspecified atom stereocenters. The summed E-state index contributed by atoms with van der Waals surface area (Å²) in [6.07, 6.45) is 8.51. The molecule has 5 heteroatoms. The lowest BCUT2D eigenvalue weighted by atomic mass is 9.93. The molecule has 282 valence electrons. The molecule has 1 aliphatic carbocycles. The Hall–Kier alpha value is -7.89. The molecule has 1 aliphatic rings. The van der Waals surface area contributed by atoms with Gasteiger partial charge in [0.15, 0.2) is 17.5 Å². The maximum absolute atomic E-state index is 6.49. The van der Waals surface area contributed by atoms with Crippen molar-refractivity contribution in [2.24, 2.45) is 0 Å². The molecule has 3 aromatic heterocycles. The minimum Gasteiger partial charge on any atom is -0.456 e. The molecule has 12 rings (SSSR count). The Morgan fingerprint density at radius 3 is 1.78 bits per heavy atom. The molecule has 5 nitrogen and oxygen atoms in total. The van der Waals surface area contributed by atoms with Crippen LogP contribution in [0.1, 0.15) is 18.7 Å². The Kier molecular flexibility index (Phi) is 7.91. The molecule has 0 amide bonds. The van der Waals surface area contributed by atoms with Crippen LogP contribution in [-0.2, 0) is 0 Å². The summed E-state index contributed by atoms with van der Waals surface area (Å²) in [4.78, 5) is 15.0. The number of hydrogen-bond donors (Lipinski definition) is 0. The average molecular weight is 769 g/mol. The quantitative estimate of drug-likeness (QED) is 0.169. The van der Waals surface area contributed by atoms with E-state index in [0.29, 0.717) is 17.5 Å². The fraction of sp³-hybridized carbons (Fsp3) is 0.0364. The number of aromatic nitrogens is 4. The van der Waals surface area contributed by atoms with Crippen molar-refractivity contribution in [1.82, 2.24) is 19.5 Å². The molecule has 0 N–H and O–H groups in total. The van der Waals surface area contributed by atoms with Crippen molar-refractivity contribution < 1.29 is 4.42 Å². The number of hydrogen-bond acceptors (Lipinski definition) is 4. The van der Waals surface area contributed by atoms with E-state index in [9.17, 15) is 0 Å². The Labute approximate surface area is 346 Å². The molecule has 0 saturated carbocycles. The summed E-state index contributed by atoms with van der Waals surface area (Å²) in [6.45, 7) is 0. The van der Waals surface area contributed by atoms with Crippen LogP contribution in [0, 0.1) is 0 Å². The van der Waals surface area contributed by atoms with E-state index in [4.69, 9.17) is 19.4 Å². The number of nitrogens with zero attached hydrogens (tertiary/aromatic N) is 4. The molecule has 11 aromatic rings. The van der Waals surface area contributed by atoms with Gasteiger partial charge < -0.3 is 8.98 Å². The van der Waals surface area contributed by atoms with Gasteiger partial charge >= 0.3 is 0 Å². The summed E-state index contributed by atoms with van der Waals surface area (Å²) in [5.41, 5.74) is 12.7. The zero-order valence-electron chi connectivity index (χ0n) is 32.6. The van der Waals surface area contributed by atoms with E-state index in [2.05, 4.69) is 162 Å². The van der Waals surface area contributed by atoms with Crippen molar-refractivity contribution in [3.05, 3.63) is 200 Å². The first-order valence-electron chi connectivity index (χ1n) is 20.5. The van der Waals surface area contributed by atoms with Crippen LogP contribution in [0.25, 0.3) is 111 Å². The topological polar surface area (TPSA) is 56.7 Å². The highest BCUT2D eigenvalue weighted by molar-refractivity contribution is 6.15. The Bertz CT molecular complexity index is 3540. The van der Waals surface area contributed by atoms with E-state index in [1.165, 1.54) is 43.8 Å². The van der Waals surface area contributed by atoms with Crippen molar-refractivity contribution in [1.29, 1.82) is 0 Å². The third-order valence-corrected chi connectivity index (χ3v) is 11.8. The van der Waals surface area contributed by atoms with Gasteiger partial charge in [0.1, 0.15) is 11.2 Å². The minimum absolute atomic E-state index is 0.630. The number of allylic oxidation sites excluding steroid dienone is 4. The van der Waals surface area contributed by atoms with E-state index in [0.717, 1.165) is 68.2 Å². The monoisotopic (exact) mass is 768 g/mol. The van der Waals surface area contributed by atoms with Gasteiger partial charge in [0.2, 0.25) is 0 Å². The second-order valence-corrected chi connectivity index (χ2v) is 15.5. The normalized spacial score (nSPS) is 12.9. The number of fused-ring (bicyclic) bond motifs is 7. The number of rotatable bonds is 6. The smallest absolute Gasteiger partial charge is 0.164 e. The van der Waals surface area contributed by atoms with Gasteiger partial charge in [-0.25, -0.2) is 15.0 Å². The van der Waals surface area contributed by atoms with Crippen LogP contribution in [0.2, 0.25) is 0 Å². The average Bonchev–Trinajstić information content (AvgIpc) is 3.85. The highest BCUT2D eigenvalue weighted by atomic mass is 16.3. The molecule has 0 aliphatic heterocycles. The predicted octanol–water partition coefficient (Wildman–Crippen LogP) is 14.4. The van der Waals surface area contributed by atoms with Crippen LogP contribution in [-0.4, -0.2) is 19.5 Å². The van der Waals surface area contributed by atoms with Crippen LogP contribution in [0.5, 0.6) is 0 Å². The molecule has 0 radical (unpaired) electrons. The van der Waals surface area contributed by atoms with E-state index < -0.39 is 0 Å². The molecule has 0 atom stereocenters. The zero-order chi connectivity index (χ0) is 39.6. The van der Waals surface area contributed by atoms with E-state index in [1.54, 1.807) is 0 Å². The lowest BCUT2D eigenvalue weighted by molar-refractivity contribution is 0.669. The van der Waals surface area contributed by atoms with Crippen LogP contribution < -0.4 is 0 Å². The van der Waals surface area contributed by atoms with Crippen molar-refractivity contribution >= 4 is 60.1 Å². The lowest BCUT2D eigenvalue weighted by Gasteiger charge is -2.12. The van der Waals surface area contributed by atoms with Gasteiger partial charge in [-0.1, -0.05) is 133 Å². The first-order chi connectivity index (χ1) is 29.7. The molecule has 3 heterocycles. The highest BCUT2D eigenvalue weighted by Gasteiger charge is 2.19. The standard InChI is InChI=1S/C55H36N4O/c1-4-14-35(15-5-1)43-22-12-13-23-44(43)40-24-27-49-45(31-40)46-30-38-20-10-11-21-39(38)33-50(46)59(49)42-26-29-52-48(34-42)47-32-41(25-28-51(47)60-52)55-57-53(36-16-6-2-7-17-36)56-54(58-55)37-18-8-3-9-19-37/h1-2,4-8,10-34H,3,9H2. The highest BCUT2D eigenvalue weighted by Crippen LogP contribution is 2.41. The summed E-state index contributed by atoms with van der Waals surface area (Å²) >= 11 is 0. The van der Waals surface area contributed by atoms with Crippen molar-refractivity contribution in [2.45, 2.75) is 12.8 Å². The van der Waals surface area contributed by atoms with Gasteiger partial charge in [0.05, 0.1) is 11.0 Å². The summed E-state index contributed by atoms with van der Waals surface area (Å²) < 4.78 is 8.90. The zero-order valence-corrected chi connectivity index (χ0v) is 32.6.